The smallest absolute Gasteiger partial charge is 0.180 e. The third-order valence-electron chi connectivity index (χ3n) is 3.13. The van der Waals surface area contributed by atoms with Gasteiger partial charge in [-0.1, -0.05) is 0 Å². The van der Waals surface area contributed by atoms with Gasteiger partial charge in [0.05, 0.1) is 19.3 Å². The third kappa shape index (κ3) is 2.64. The fraction of sp³-hybridized carbons (Fsp3) is 0.462. The first-order chi connectivity index (χ1) is 9.36. The van der Waals surface area contributed by atoms with Crippen molar-refractivity contribution in [1.82, 2.24) is 15.0 Å². The van der Waals surface area contributed by atoms with Gasteiger partial charge in [-0.25, -0.2) is 9.97 Å². The van der Waals surface area contributed by atoms with Crippen LogP contribution < -0.4 is 4.90 Å². The van der Waals surface area contributed by atoms with Crippen molar-refractivity contribution in [3.63, 3.8) is 0 Å². The second-order valence-electron chi connectivity index (χ2n) is 4.46. The van der Waals surface area contributed by atoms with Crippen LogP contribution in [0.25, 0.3) is 11.2 Å². The molecule has 2 aromatic heterocycles. The molecular weight excluding hydrogens is 244 g/mol. The Morgan fingerprint density at radius 3 is 3.16 bits per heavy atom. The van der Waals surface area contributed by atoms with Crippen LogP contribution in [0.15, 0.2) is 24.5 Å². The molecule has 3 rings (SSSR count). The summed E-state index contributed by atoms with van der Waals surface area (Å²) in [4.78, 5) is 15.2. The summed E-state index contributed by atoms with van der Waals surface area (Å²) >= 11 is 0. The van der Waals surface area contributed by atoms with E-state index in [1.807, 2.05) is 12.1 Å². The van der Waals surface area contributed by atoms with Crippen LogP contribution in [0.1, 0.15) is 0 Å². The molecule has 19 heavy (non-hydrogen) atoms. The van der Waals surface area contributed by atoms with Gasteiger partial charge in [0.2, 0.25) is 0 Å². The van der Waals surface area contributed by atoms with Crippen LogP contribution in [-0.4, -0.2) is 54.5 Å². The third-order valence-corrected chi connectivity index (χ3v) is 3.13. The summed E-state index contributed by atoms with van der Waals surface area (Å²) in [5.41, 5.74) is 1.49. The molecule has 0 aliphatic carbocycles. The van der Waals surface area contributed by atoms with E-state index in [1.54, 1.807) is 19.5 Å². The van der Waals surface area contributed by atoms with Crippen molar-refractivity contribution in [3.05, 3.63) is 24.5 Å². The zero-order valence-corrected chi connectivity index (χ0v) is 10.8. The Balaban J connectivity index is 1.83. The second kappa shape index (κ2) is 5.46. The monoisotopic (exact) mass is 260 g/mol. The quantitative estimate of drug-likeness (QED) is 0.816. The summed E-state index contributed by atoms with van der Waals surface area (Å²) in [7, 11) is 1.69. The van der Waals surface area contributed by atoms with Gasteiger partial charge in [0.25, 0.3) is 0 Å². The predicted octanol–water partition coefficient (Wildman–Crippen LogP) is 0.876. The van der Waals surface area contributed by atoms with E-state index in [0.717, 1.165) is 24.4 Å². The lowest BCUT2D eigenvalue weighted by Gasteiger charge is -2.33. The lowest BCUT2D eigenvalue weighted by atomic mass is 10.2. The Morgan fingerprint density at radius 1 is 1.37 bits per heavy atom. The molecule has 1 atom stereocenters. The van der Waals surface area contributed by atoms with Gasteiger partial charge in [-0.05, 0) is 12.1 Å². The van der Waals surface area contributed by atoms with Gasteiger partial charge >= 0.3 is 0 Å². The molecule has 100 valence electrons. The largest absolute Gasteiger partial charge is 0.382 e. The van der Waals surface area contributed by atoms with E-state index < -0.39 is 0 Å². The van der Waals surface area contributed by atoms with E-state index in [4.69, 9.17) is 9.47 Å². The number of rotatable bonds is 3. The van der Waals surface area contributed by atoms with Crippen molar-refractivity contribution in [2.75, 3.05) is 38.3 Å². The van der Waals surface area contributed by atoms with Gasteiger partial charge in [-0.3, -0.25) is 4.98 Å². The van der Waals surface area contributed by atoms with Crippen LogP contribution in [0, 0.1) is 0 Å². The number of hydrogen-bond donors (Lipinski definition) is 0. The zero-order chi connectivity index (χ0) is 13.1. The number of anilines is 1. The minimum Gasteiger partial charge on any atom is -0.382 e. The number of nitrogens with zero attached hydrogens (tertiary/aromatic N) is 4. The lowest BCUT2D eigenvalue weighted by Crippen LogP contribution is -2.44. The number of hydrogen-bond acceptors (Lipinski definition) is 6. The van der Waals surface area contributed by atoms with E-state index >= 15 is 0 Å². The van der Waals surface area contributed by atoms with Crippen LogP contribution in [0.5, 0.6) is 0 Å². The summed E-state index contributed by atoms with van der Waals surface area (Å²) in [6, 6.07) is 3.93. The van der Waals surface area contributed by atoms with Crippen LogP contribution in [0.2, 0.25) is 0 Å². The van der Waals surface area contributed by atoms with Crippen molar-refractivity contribution < 1.29 is 9.47 Å². The van der Waals surface area contributed by atoms with Crippen LogP contribution >= 0.6 is 0 Å². The number of aromatic nitrogens is 3. The summed E-state index contributed by atoms with van der Waals surface area (Å²) < 4.78 is 10.8. The molecule has 1 saturated heterocycles. The molecule has 6 heteroatoms. The standard InChI is InChI=1S/C13H16N4O2/c1-18-9-10-8-17(6-7-19-10)12-3-2-11-13(16-12)15-5-4-14-11/h2-5,10H,6-9H2,1H3. The molecule has 0 saturated carbocycles. The normalized spacial score (nSPS) is 19.8. The molecule has 0 bridgehead atoms. The minimum absolute atomic E-state index is 0.0955. The number of ether oxygens (including phenoxy) is 2. The molecule has 0 aromatic carbocycles. The van der Waals surface area contributed by atoms with Crippen LogP contribution in [0.4, 0.5) is 5.82 Å². The Hall–Kier alpha value is -1.79. The Bertz CT molecular complexity index is 561. The first kappa shape index (κ1) is 12.3. The summed E-state index contributed by atoms with van der Waals surface area (Å²) in [5, 5.41) is 0. The van der Waals surface area contributed by atoms with Gasteiger partial charge in [0, 0.05) is 32.6 Å². The van der Waals surface area contributed by atoms with Gasteiger partial charge in [-0.15, -0.1) is 0 Å². The van der Waals surface area contributed by atoms with E-state index in [-0.39, 0.29) is 6.10 Å². The maximum atomic E-state index is 5.64. The molecule has 0 radical (unpaired) electrons. The molecule has 0 spiro atoms. The van der Waals surface area contributed by atoms with Crippen molar-refractivity contribution in [2.45, 2.75) is 6.10 Å². The Kier molecular flexibility index (Phi) is 3.52. The van der Waals surface area contributed by atoms with Gasteiger partial charge in [0.1, 0.15) is 11.3 Å². The van der Waals surface area contributed by atoms with Crippen molar-refractivity contribution in [2.24, 2.45) is 0 Å². The van der Waals surface area contributed by atoms with E-state index in [0.29, 0.717) is 18.9 Å². The second-order valence-corrected chi connectivity index (χ2v) is 4.46. The number of morpholine rings is 1. The number of pyridine rings is 1. The summed E-state index contributed by atoms with van der Waals surface area (Å²) in [6.45, 7) is 2.91. The van der Waals surface area contributed by atoms with E-state index in [9.17, 15) is 0 Å². The van der Waals surface area contributed by atoms with Gasteiger partial charge < -0.3 is 14.4 Å². The average molecular weight is 260 g/mol. The minimum atomic E-state index is 0.0955. The predicted molar refractivity (Wildman–Crippen MR) is 71.2 cm³/mol. The van der Waals surface area contributed by atoms with Crippen molar-refractivity contribution >= 4 is 17.0 Å². The highest BCUT2D eigenvalue weighted by Gasteiger charge is 2.21. The molecule has 6 nitrogen and oxygen atoms in total. The fourth-order valence-electron chi connectivity index (χ4n) is 2.23. The van der Waals surface area contributed by atoms with Crippen molar-refractivity contribution in [1.29, 1.82) is 0 Å². The highest BCUT2D eigenvalue weighted by Crippen LogP contribution is 2.17. The molecule has 1 aliphatic rings. The molecule has 1 unspecified atom stereocenters. The highest BCUT2D eigenvalue weighted by molar-refractivity contribution is 5.71. The fourth-order valence-corrected chi connectivity index (χ4v) is 2.23. The zero-order valence-electron chi connectivity index (χ0n) is 10.8. The van der Waals surface area contributed by atoms with Crippen LogP contribution in [-0.2, 0) is 9.47 Å². The molecule has 0 amide bonds. The summed E-state index contributed by atoms with van der Waals surface area (Å²) in [6.07, 6.45) is 3.43. The van der Waals surface area contributed by atoms with Gasteiger partial charge in [-0.2, -0.15) is 0 Å². The maximum Gasteiger partial charge on any atom is 0.180 e. The van der Waals surface area contributed by atoms with E-state index in [2.05, 4.69) is 19.9 Å². The van der Waals surface area contributed by atoms with Crippen molar-refractivity contribution in [3.8, 4) is 0 Å². The van der Waals surface area contributed by atoms with Crippen LogP contribution in [0.3, 0.4) is 0 Å². The molecule has 1 aliphatic heterocycles. The molecular formula is C13H16N4O2. The molecule has 3 heterocycles. The Morgan fingerprint density at radius 2 is 2.26 bits per heavy atom. The Labute approximate surface area is 111 Å². The molecule has 0 N–H and O–H groups in total. The van der Waals surface area contributed by atoms with E-state index in [1.165, 1.54) is 0 Å². The van der Waals surface area contributed by atoms with Gasteiger partial charge in [0.15, 0.2) is 5.65 Å². The highest BCUT2D eigenvalue weighted by atomic mass is 16.5. The maximum absolute atomic E-state index is 5.64. The number of methoxy groups -OCH3 is 1. The number of fused-ring (bicyclic) bond motifs is 1. The SMILES string of the molecule is COCC1CN(c2ccc3nccnc3n2)CCO1. The first-order valence-corrected chi connectivity index (χ1v) is 6.30. The average Bonchev–Trinajstić information content (AvgIpc) is 2.47. The lowest BCUT2D eigenvalue weighted by molar-refractivity contribution is -0.0102. The molecule has 1 fully saturated rings. The topological polar surface area (TPSA) is 60.4 Å². The first-order valence-electron chi connectivity index (χ1n) is 6.30. The molecule has 2 aromatic rings. The summed E-state index contributed by atoms with van der Waals surface area (Å²) in [5.74, 6) is 0.914.